The average Bonchev–Trinajstić information content (AvgIpc) is 3.22. The van der Waals surface area contributed by atoms with E-state index in [1.807, 2.05) is 12.1 Å². The van der Waals surface area contributed by atoms with Gasteiger partial charge < -0.3 is 9.64 Å². The van der Waals surface area contributed by atoms with Crippen molar-refractivity contribution in [2.24, 2.45) is 0 Å². The van der Waals surface area contributed by atoms with Crippen LogP contribution in [0.5, 0.6) is 5.75 Å². The van der Waals surface area contributed by atoms with Crippen molar-refractivity contribution in [3.8, 4) is 39.1 Å². The van der Waals surface area contributed by atoms with Crippen LogP contribution in [0.3, 0.4) is 0 Å². The molecule has 0 amide bonds. The molecule has 0 aliphatic rings. The lowest BCUT2D eigenvalue weighted by molar-refractivity contribution is 0.415. The van der Waals surface area contributed by atoms with E-state index in [0.717, 1.165) is 22.8 Å². The summed E-state index contributed by atoms with van der Waals surface area (Å²) in [6, 6.07) is 68.1. The Bertz CT molecular complexity index is 2680. The number of hydrogen-bond donors (Lipinski definition) is 0. The van der Waals surface area contributed by atoms with Gasteiger partial charge in [0.05, 0.1) is 7.11 Å². The number of nitrogens with zero attached hydrogens (tertiary/aromatic N) is 1. The lowest BCUT2D eigenvalue weighted by Crippen LogP contribution is -2.10. The zero-order valence-corrected chi connectivity index (χ0v) is 29.3. The second-order valence-electron chi connectivity index (χ2n) is 13.3. The van der Waals surface area contributed by atoms with Gasteiger partial charge in [-0.3, -0.25) is 0 Å². The van der Waals surface area contributed by atoms with Crippen molar-refractivity contribution in [3.05, 3.63) is 194 Å². The molecule has 248 valence electrons. The van der Waals surface area contributed by atoms with E-state index < -0.39 is 0 Å². The minimum atomic E-state index is 0.834. The van der Waals surface area contributed by atoms with E-state index >= 15 is 0 Å². The van der Waals surface area contributed by atoms with Crippen molar-refractivity contribution in [2.45, 2.75) is 6.92 Å². The third-order valence-electron chi connectivity index (χ3n) is 10.2. The summed E-state index contributed by atoms with van der Waals surface area (Å²) < 4.78 is 5.54. The molecule has 0 aromatic heterocycles. The third-order valence-corrected chi connectivity index (χ3v) is 10.2. The molecule has 0 bridgehead atoms. The van der Waals surface area contributed by atoms with Gasteiger partial charge in [0, 0.05) is 17.1 Å². The molecule has 0 aliphatic carbocycles. The van der Waals surface area contributed by atoms with Gasteiger partial charge in [0.15, 0.2) is 0 Å². The molecule has 52 heavy (non-hydrogen) atoms. The van der Waals surface area contributed by atoms with Crippen LogP contribution >= 0.6 is 0 Å². The predicted octanol–water partition coefficient (Wildman–Crippen LogP) is 13.9. The highest BCUT2D eigenvalue weighted by molar-refractivity contribution is 6.33. The molecule has 2 heteroatoms. The van der Waals surface area contributed by atoms with E-state index in [-0.39, 0.29) is 0 Å². The molecule has 9 rings (SSSR count). The molecule has 0 unspecified atom stereocenters. The number of benzene rings is 9. The molecule has 0 aliphatic heterocycles. The summed E-state index contributed by atoms with van der Waals surface area (Å²) >= 11 is 0. The van der Waals surface area contributed by atoms with Crippen molar-refractivity contribution < 1.29 is 4.74 Å². The Kier molecular flexibility index (Phi) is 7.98. The topological polar surface area (TPSA) is 12.5 Å². The minimum absolute atomic E-state index is 0.834. The lowest BCUT2D eigenvalue weighted by Gasteiger charge is -2.27. The standard InChI is InChI=1S/C50H37NO/c1-34-22-24-38(25-23-34)51(39-26-29-41(52-2)30-27-39)40-28-31-44-47(32-40)42-20-12-13-21-43(42)49-46(36-16-8-4-9-17-36)33-45(35-14-6-3-7-15-35)48(50(44)49)37-18-10-5-11-19-37/h3-33H,1-2H3. The second kappa shape index (κ2) is 13.2. The van der Waals surface area contributed by atoms with Crippen LogP contribution < -0.4 is 9.64 Å². The number of aryl methyl sites for hydroxylation is 1. The smallest absolute Gasteiger partial charge is 0.119 e. The first-order valence-electron chi connectivity index (χ1n) is 17.8. The van der Waals surface area contributed by atoms with Gasteiger partial charge in [0.1, 0.15) is 5.75 Å². The molecule has 9 aromatic rings. The fourth-order valence-electron chi connectivity index (χ4n) is 7.75. The number of anilines is 3. The Morgan fingerprint density at radius 2 is 0.885 bits per heavy atom. The number of methoxy groups -OCH3 is 1. The molecule has 0 radical (unpaired) electrons. The molecule has 9 aromatic carbocycles. The maximum atomic E-state index is 5.54. The van der Waals surface area contributed by atoms with Crippen molar-refractivity contribution >= 4 is 49.4 Å². The normalized spacial score (nSPS) is 11.3. The van der Waals surface area contributed by atoms with Crippen molar-refractivity contribution in [3.63, 3.8) is 0 Å². The van der Waals surface area contributed by atoms with Gasteiger partial charge in [-0.2, -0.15) is 0 Å². The first-order valence-corrected chi connectivity index (χ1v) is 17.8. The first-order chi connectivity index (χ1) is 25.7. The summed E-state index contributed by atoms with van der Waals surface area (Å²) in [5, 5.41) is 7.44. The summed E-state index contributed by atoms with van der Waals surface area (Å²) in [7, 11) is 1.71. The van der Waals surface area contributed by atoms with Gasteiger partial charge >= 0.3 is 0 Å². The largest absolute Gasteiger partial charge is 0.497 e. The van der Waals surface area contributed by atoms with Crippen LogP contribution in [-0.4, -0.2) is 7.11 Å². The predicted molar refractivity (Wildman–Crippen MR) is 221 cm³/mol. The highest BCUT2D eigenvalue weighted by atomic mass is 16.5. The monoisotopic (exact) mass is 667 g/mol. The molecular weight excluding hydrogens is 631 g/mol. The summed E-state index contributed by atoms with van der Waals surface area (Å²) in [6.07, 6.45) is 0. The number of rotatable bonds is 7. The summed E-state index contributed by atoms with van der Waals surface area (Å²) in [4.78, 5) is 2.34. The van der Waals surface area contributed by atoms with Crippen molar-refractivity contribution in [2.75, 3.05) is 12.0 Å². The van der Waals surface area contributed by atoms with Crippen LogP contribution in [0.1, 0.15) is 5.56 Å². The van der Waals surface area contributed by atoms with E-state index in [2.05, 4.69) is 188 Å². The van der Waals surface area contributed by atoms with E-state index in [0.29, 0.717) is 0 Å². The molecule has 0 atom stereocenters. The van der Waals surface area contributed by atoms with E-state index in [1.54, 1.807) is 7.11 Å². The van der Waals surface area contributed by atoms with Gasteiger partial charge in [-0.15, -0.1) is 0 Å². The lowest BCUT2D eigenvalue weighted by atomic mass is 9.81. The van der Waals surface area contributed by atoms with Crippen LogP contribution in [0.25, 0.3) is 65.7 Å². The van der Waals surface area contributed by atoms with E-state index in [4.69, 9.17) is 4.74 Å². The Morgan fingerprint density at radius 3 is 1.50 bits per heavy atom. The fraction of sp³-hybridized carbons (Fsp3) is 0.0400. The van der Waals surface area contributed by atoms with E-state index in [9.17, 15) is 0 Å². The molecule has 0 heterocycles. The fourth-order valence-corrected chi connectivity index (χ4v) is 7.75. The van der Waals surface area contributed by atoms with Gasteiger partial charge in [0.2, 0.25) is 0 Å². The maximum absolute atomic E-state index is 5.54. The molecule has 2 nitrogen and oxygen atoms in total. The number of ether oxygens (including phenoxy) is 1. The number of hydrogen-bond acceptors (Lipinski definition) is 2. The molecule has 0 fully saturated rings. The van der Waals surface area contributed by atoms with Crippen LogP contribution in [0.2, 0.25) is 0 Å². The average molecular weight is 668 g/mol. The van der Waals surface area contributed by atoms with Crippen LogP contribution in [0.15, 0.2) is 188 Å². The summed E-state index contributed by atoms with van der Waals surface area (Å²) in [6.45, 7) is 2.13. The molecule has 0 saturated heterocycles. The summed E-state index contributed by atoms with van der Waals surface area (Å²) in [5.74, 6) is 0.834. The van der Waals surface area contributed by atoms with Crippen LogP contribution in [0.4, 0.5) is 17.1 Å². The molecular formula is C50H37NO. The molecule has 0 spiro atoms. The highest BCUT2D eigenvalue weighted by Crippen LogP contribution is 2.50. The zero-order chi connectivity index (χ0) is 35.0. The Balaban J connectivity index is 1.44. The van der Waals surface area contributed by atoms with Gasteiger partial charge in [0.25, 0.3) is 0 Å². The number of fused-ring (bicyclic) bond motifs is 6. The maximum Gasteiger partial charge on any atom is 0.119 e. The SMILES string of the molecule is COc1ccc(N(c2ccc(C)cc2)c2ccc3c(c2)c2ccccc2c2c(-c4ccccc4)cc(-c4ccccc4)c(-c4ccccc4)c32)cc1. The summed E-state index contributed by atoms with van der Waals surface area (Å²) in [5.41, 5.74) is 11.8. The third kappa shape index (κ3) is 5.46. The van der Waals surface area contributed by atoms with Gasteiger partial charge in [-0.1, -0.05) is 139 Å². The van der Waals surface area contributed by atoms with Gasteiger partial charge in [-0.25, -0.2) is 0 Å². The van der Waals surface area contributed by atoms with Gasteiger partial charge in [-0.05, 0) is 127 Å². The van der Waals surface area contributed by atoms with Crippen molar-refractivity contribution in [1.82, 2.24) is 0 Å². The van der Waals surface area contributed by atoms with Crippen LogP contribution in [0, 0.1) is 6.92 Å². The Hall–Kier alpha value is -6.64. The van der Waals surface area contributed by atoms with Crippen LogP contribution in [-0.2, 0) is 0 Å². The Morgan fingerprint density at radius 1 is 0.385 bits per heavy atom. The minimum Gasteiger partial charge on any atom is -0.497 e. The van der Waals surface area contributed by atoms with Crippen molar-refractivity contribution in [1.29, 1.82) is 0 Å². The molecule has 0 saturated carbocycles. The molecule has 0 N–H and O–H groups in total. The first kappa shape index (κ1) is 31.3. The zero-order valence-electron chi connectivity index (χ0n) is 29.3. The Labute approximate surface area is 304 Å². The quantitative estimate of drug-likeness (QED) is 0.157. The second-order valence-corrected chi connectivity index (χ2v) is 13.3. The van der Waals surface area contributed by atoms with E-state index in [1.165, 1.54) is 71.3 Å². The highest BCUT2D eigenvalue weighted by Gasteiger charge is 2.22.